The van der Waals surface area contributed by atoms with Gasteiger partial charge in [0.1, 0.15) is 0 Å². The standard InChI is InChI=1S/C9H18N4O/c1-3-8(10)9-7-13(12-11-9)5-4-6-14-2/h7-8H,3-6,10H2,1-2H3. The third-order valence-corrected chi connectivity index (χ3v) is 2.11. The van der Waals surface area contributed by atoms with E-state index in [2.05, 4.69) is 10.3 Å². The highest BCUT2D eigenvalue weighted by molar-refractivity contribution is 4.98. The maximum atomic E-state index is 5.82. The first-order chi connectivity index (χ1) is 6.77. The summed E-state index contributed by atoms with van der Waals surface area (Å²) in [4.78, 5) is 0. The van der Waals surface area contributed by atoms with Crippen LogP contribution in [-0.2, 0) is 11.3 Å². The third-order valence-electron chi connectivity index (χ3n) is 2.11. The minimum Gasteiger partial charge on any atom is -0.385 e. The lowest BCUT2D eigenvalue weighted by atomic mass is 10.2. The zero-order chi connectivity index (χ0) is 10.4. The number of methoxy groups -OCH3 is 1. The fourth-order valence-corrected chi connectivity index (χ4v) is 1.17. The maximum absolute atomic E-state index is 5.82. The quantitative estimate of drug-likeness (QED) is 0.684. The number of hydrogen-bond donors (Lipinski definition) is 1. The second kappa shape index (κ2) is 5.72. The van der Waals surface area contributed by atoms with Crippen molar-refractivity contribution in [1.29, 1.82) is 0 Å². The zero-order valence-electron chi connectivity index (χ0n) is 8.81. The Hall–Kier alpha value is -0.940. The molecule has 0 fully saturated rings. The predicted octanol–water partition coefficient (Wildman–Crippen LogP) is 0.724. The highest BCUT2D eigenvalue weighted by atomic mass is 16.5. The summed E-state index contributed by atoms with van der Waals surface area (Å²) >= 11 is 0. The molecule has 1 aromatic heterocycles. The molecule has 1 atom stereocenters. The van der Waals surface area contributed by atoms with Crippen molar-refractivity contribution >= 4 is 0 Å². The molecule has 5 heteroatoms. The fourth-order valence-electron chi connectivity index (χ4n) is 1.17. The predicted molar refractivity (Wildman–Crippen MR) is 53.7 cm³/mol. The highest BCUT2D eigenvalue weighted by Gasteiger charge is 2.07. The molecule has 0 saturated carbocycles. The van der Waals surface area contributed by atoms with E-state index in [-0.39, 0.29) is 6.04 Å². The molecule has 0 amide bonds. The van der Waals surface area contributed by atoms with Crippen LogP contribution in [0.5, 0.6) is 0 Å². The first-order valence-corrected chi connectivity index (χ1v) is 4.92. The van der Waals surface area contributed by atoms with Gasteiger partial charge in [0.2, 0.25) is 0 Å². The van der Waals surface area contributed by atoms with Gasteiger partial charge in [-0.15, -0.1) is 5.10 Å². The normalized spacial score (nSPS) is 13.1. The van der Waals surface area contributed by atoms with Crippen LogP contribution in [0.1, 0.15) is 31.5 Å². The van der Waals surface area contributed by atoms with E-state index in [0.29, 0.717) is 0 Å². The number of nitrogens with two attached hydrogens (primary N) is 1. The monoisotopic (exact) mass is 198 g/mol. The van der Waals surface area contributed by atoms with Gasteiger partial charge in [0, 0.05) is 20.3 Å². The van der Waals surface area contributed by atoms with Gasteiger partial charge < -0.3 is 10.5 Å². The Kier molecular flexibility index (Phi) is 4.55. The molecule has 0 aliphatic heterocycles. The van der Waals surface area contributed by atoms with Crippen molar-refractivity contribution in [3.63, 3.8) is 0 Å². The lowest BCUT2D eigenvalue weighted by Gasteiger charge is -2.02. The minimum absolute atomic E-state index is 0.00572. The van der Waals surface area contributed by atoms with Crippen LogP contribution in [0.15, 0.2) is 6.20 Å². The zero-order valence-corrected chi connectivity index (χ0v) is 8.81. The summed E-state index contributed by atoms with van der Waals surface area (Å²) in [5.41, 5.74) is 6.69. The Morgan fingerprint density at radius 2 is 2.43 bits per heavy atom. The van der Waals surface area contributed by atoms with Crippen LogP contribution in [-0.4, -0.2) is 28.7 Å². The number of rotatable bonds is 6. The van der Waals surface area contributed by atoms with Gasteiger partial charge in [-0.2, -0.15) is 0 Å². The Balaban J connectivity index is 2.42. The van der Waals surface area contributed by atoms with E-state index in [0.717, 1.165) is 31.7 Å². The number of ether oxygens (including phenoxy) is 1. The van der Waals surface area contributed by atoms with Crippen molar-refractivity contribution < 1.29 is 4.74 Å². The van der Waals surface area contributed by atoms with Crippen molar-refractivity contribution in [2.45, 2.75) is 32.4 Å². The van der Waals surface area contributed by atoms with Gasteiger partial charge in [-0.05, 0) is 12.8 Å². The average molecular weight is 198 g/mol. The van der Waals surface area contributed by atoms with Gasteiger partial charge in [0.15, 0.2) is 0 Å². The molecule has 1 unspecified atom stereocenters. The van der Waals surface area contributed by atoms with Crippen LogP contribution >= 0.6 is 0 Å². The van der Waals surface area contributed by atoms with Gasteiger partial charge in [0.25, 0.3) is 0 Å². The van der Waals surface area contributed by atoms with Crippen molar-refractivity contribution in [2.75, 3.05) is 13.7 Å². The van der Waals surface area contributed by atoms with E-state index in [1.807, 2.05) is 17.8 Å². The Morgan fingerprint density at radius 3 is 3.07 bits per heavy atom. The molecule has 1 heterocycles. The Labute approximate surface area is 84.2 Å². The molecule has 0 aromatic carbocycles. The Bertz CT molecular complexity index is 261. The van der Waals surface area contributed by atoms with Crippen LogP contribution in [0.25, 0.3) is 0 Å². The highest BCUT2D eigenvalue weighted by Crippen LogP contribution is 2.08. The molecular weight excluding hydrogens is 180 g/mol. The van der Waals surface area contributed by atoms with E-state index in [4.69, 9.17) is 10.5 Å². The SMILES string of the molecule is CCC(N)c1cn(CCCOC)nn1. The van der Waals surface area contributed by atoms with Gasteiger partial charge in [-0.25, -0.2) is 0 Å². The van der Waals surface area contributed by atoms with Crippen molar-refractivity contribution in [1.82, 2.24) is 15.0 Å². The molecule has 0 spiro atoms. The van der Waals surface area contributed by atoms with E-state index in [1.165, 1.54) is 0 Å². The van der Waals surface area contributed by atoms with E-state index in [9.17, 15) is 0 Å². The summed E-state index contributed by atoms with van der Waals surface area (Å²) in [5.74, 6) is 0. The molecule has 0 aliphatic rings. The molecule has 5 nitrogen and oxygen atoms in total. The van der Waals surface area contributed by atoms with Gasteiger partial charge in [-0.1, -0.05) is 12.1 Å². The van der Waals surface area contributed by atoms with Crippen LogP contribution in [0.3, 0.4) is 0 Å². The Morgan fingerprint density at radius 1 is 1.64 bits per heavy atom. The molecule has 1 aromatic rings. The van der Waals surface area contributed by atoms with E-state index in [1.54, 1.807) is 7.11 Å². The fraction of sp³-hybridized carbons (Fsp3) is 0.778. The first kappa shape index (κ1) is 11.1. The largest absolute Gasteiger partial charge is 0.385 e. The summed E-state index contributed by atoms with van der Waals surface area (Å²) in [6.45, 7) is 3.61. The third kappa shape index (κ3) is 3.08. The molecule has 0 radical (unpaired) electrons. The maximum Gasteiger partial charge on any atom is 0.0993 e. The number of aromatic nitrogens is 3. The van der Waals surface area contributed by atoms with Gasteiger partial charge >= 0.3 is 0 Å². The number of hydrogen-bond acceptors (Lipinski definition) is 4. The van der Waals surface area contributed by atoms with Crippen LogP contribution in [0.2, 0.25) is 0 Å². The number of aryl methyl sites for hydroxylation is 1. The minimum atomic E-state index is 0.00572. The summed E-state index contributed by atoms with van der Waals surface area (Å²) in [6.07, 6.45) is 3.74. The summed E-state index contributed by atoms with van der Waals surface area (Å²) in [5, 5.41) is 8.00. The average Bonchev–Trinajstić information content (AvgIpc) is 2.66. The van der Waals surface area contributed by atoms with Crippen LogP contribution in [0, 0.1) is 0 Å². The molecule has 14 heavy (non-hydrogen) atoms. The molecule has 80 valence electrons. The molecule has 0 saturated heterocycles. The smallest absolute Gasteiger partial charge is 0.0993 e. The molecule has 0 aliphatic carbocycles. The summed E-state index contributed by atoms with van der Waals surface area (Å²) in [7, 11) is 1.69. The van der Waals surface area contributed by atoms with Crippen LogP contribution < -0.4 is 5.73 Å². The molecule has 0 bridgehead atoms. The van der Waals surface area contributed by atoms with E-state index < -0.39 is 0 Å². The second-order valence-corrected chi connectivity index (χ2v) is 3.27. The lowest BCUT2D eigenvalue weighted by molar-refractivity contribution is 0.188. The van der Waals surface area contributed by atoms with Crippen molar-refractivity contribution in [2.24, 2.45) is 5.73 Å². The summed E-state index contributed by atoms with van der Waals surface area (Å²) in [6, 6.07) is 0.00572. The molecule has 2 N–H and O–H groups in total. The van der Waals surface area contributed by atoms with Gasteiger partial charge in [-0.3, -0.25) is 4.68 Å². The topological polar surface area (TPSA) is 66.0 Å². The number of nitrogens with zero attached hydrogens (tertiary/aromatic N) is 3. The van der Waals surface area contributed by atoms with Gasteiger partial charge in [0.05, 0.1) is 17.9 Å². The lowest BCUT2D eigenvalue weighted by Crippen LogP contribution is -2.08. The second-order valence-electron chi connectivity index (χ2n) is 3.27. The van der Waals surface area contributed by atoms with Crippen molar-refractivity contribution in [3.8, 4) is 0 Å². The summed E-state index contributed by atoms with van der Waals surface area (Å²) < 4.78 is 6.76. The molecular formula is C9H18N4O. The van der Waals surface area contributed by atoms with E-state index >= 15 is 0 Å². The molecule has 1 rings (SSSR count). The first-order valence-electron chi connectivity index (χ1n) is 4.92. The van der Waals surface area contributed by atoms with Crippen LogP contribution in [0.4, 0.5) is 0 Å². The van der Waals surface area contributed by atoms with Crippen molar-refractivity contribution in [3.05, 3.63) is 11.9 Å².